The van der Waals surface area contributed by atoms with Crippen molar-refractivity contribution in [3.05, 3.63) is 12.2 Å². The Bertz CT molecular complexity index is 283. The molecule has 2 fully saturated rings. The van der Waals surface area contributed by atoms with E-state index in [0.717, 1.165) is 24.0 Å². The number of nitrogens with zero attached hydrogens (tertiary/aromatic N) is 1. The lowest BCUT2D eigenvalue weighted by molar-refractivity contribution is 0.254. The number of allylic oxidation sites excluding steroid dienone is 2. The summed E-state index contributed by atoms with van der Waals surface area (Å²) in [4.78, 5) is 2.73. The Labute approximate surface area is 105 Å². The number of hydrogen-bond donors (Lipinski definition) is 1. The third-order valence-electron chi connectivity index (χ3n) is 4.71. The molecule has 1 aliphatic heterocycles. The first kappa shape index (κ1) is 11.7. The van der Waals surface area contributed by atoms with Gasteiger partial charge >= 0.3 is 0 Å². The molecule has 1 heterocycles. The van der Waals surface area contributed by atoms with E-state index in [0.29, 0.717) is 0 Å². The normalized spacial score (nSPS) is 38.8. The van der Waals surface area contributed by atoms with Gasteiger partial charge in [0.1, 0.15) is 0 Å². The second-order valence-corrected chi connectivity index (χ2v) is 6.27. The Morgan fingerprint density at radius 1 is 1.24 bits per heavy atom. The van der Waals surface area contributed by atoms with Crippen LogP contribution in [0.4, 0.5) is 0 Å². The Kier molecular flexibility index (Phi) is 3.53. The van der Waals surface area contributed by atoms with Crippen LogP contribution in [0.2, 0.25) is 0 Å². The second kappa shape index (κ2) is 5.11. The maximum atomic E-state index is 3.82. The zero-order valence-electron chi connectivity index (χ0n) is 11.1. The monoisotopic (exact) mass is 234 g/mol. The predicted octanol–water partition coefficient (Wildman–Crippen LogP) is 2.56. The van der Waals surface area contributed by atoms with Crippen molar-refractivity contribution in [2.75, 3.05) is 13.1 Å². The maximum Gasteiger partial charge on any atom is 0.0210 e. The summed E-state index contributed by atoms with van der Waals surface area (Å²) >= 11 is 0. The van der Waals surface area contributed by atoms with Gasteiger partial charge < -0.3 is 5.32 Å². The molecule has 0 radical (unpaired) electrons. The molecule has 0 spiro atoms. The zero-order chi connectivity index (χ0) is 11.7. The van der Waals surface area contributed by atoms with E-state index in [1.54, 1.807) is 0 Å². The average molecular weight is 234 g/mol. The number of nitrogens with one attached hydrogen (secondary N) is 1. The van der Waals surface area contributed by atoms with Gasteiger partial charge in [0.15, 0.2) is 0 Å². The molecule has 0 amide bonds. The van der Waals surface area contributed by atoms with Crippen molar-refractivity contribution in [3.63, 3.8) is 0 Å². The van der Waals surface area contributed by atoms with Crippen LogP contribution in [0.15, 0.2) is 12.2 Å². The minimum Gasteiger partial charge on any atom is -0.312 e. The van der Waals surface area contributed by atoms with E-state index >= 15 is 0 Å². The summed E-state index contributed by atoms with van der Waals surface area (Å²) in [5, 5.41) is 3.82. The van der Waals surface area contributed by atoms with Crippen molar-refractivity contribution in [3.8, 4) is 0 Å². The zero-order valence-corrected chi connectivity index (χ0v) is 11.1. The fourth-order valence-corrected chi connectivity index (χ4v) is 3.49. The summed E-state index contributed by atoms with van der Waals surface area (Å²) < 4.78 is 0. The quantitative estimate of drug-likeness (QED) is 0.752. The smallest absolute Gasteiger partial charge is 0.0210 e. The van der Waals surface area contributed by atoms with E-state index in [1.807, 2.05) is 0 Å². The second-order valence-electron chi connectivity index (χ2n) is 6.27. The number of rotatable bonds is 4. The van der Waals surface area contributed by atoms with Crippen LogP contribution in [-0.4, -0.2) is 36.1 Å². The number of likely N-dealkylation sites (tertiary alicyclic amines) is 1. The van der Waals surface area contributed by atoms with Gasteiger partial charge in [0.05, 0.1) is 0 Å². The molecule has 1 N–H and O–H groups in total. The summed E-state index contributed by atoms with van der Waals surface area (Å²) in [5.74, 6) is 0.894. The summed E-state index contributed by atoms with van der Waals surface area (Å²) in [7, 11) is 0. The third kappa shape index (κ3) is 2.92. The fraction of sp³-hybridized carbons (Fsp3) is 0.867. The predicted molar refractivity (Wildman–Crippen MR) is 72.1 cm³/mol. The molecule has 2 nitrogen and oxygen atoms in total. The molecule has 0 aromatic rings. The minimum atomic E-state index is 0.761. The van der Waals surface area contributed by atoms with Crippen LogP contribution in [0, 0.1) is 5.92 Å². The molecule has 3 atom stereocenters. The molecule has 0 aromatic heterocycles. The molecular weight excluding hydrogens is 208 g/mol. The number of hydrogen-bond acceptors (Lipinski definition) is 2. The van der Waals surface area contributed by atoms with Crippen LogP contribution in [0.3, 0.4) is 0 Å². The molecule has 3 unspecified atom stereocenters. The molecule has 0 aromatic carbocycles. The molecule has 2 heteroatoms. The molecule has 96 valence electrons. The van der Waals surface area contributed by atoms with Gasteiger partial charge in [-0.3, -0.25) is 4.90 Å². The SMILES string of the molecule is CC1CC(NCC2CC=CCC2)CN1C1CC1. The molecule has 1 saturated heterocycles. The van der Waals surface area contributed by atoms with Crippen LogP contribution in [0.25, 0.3) is 0 Å². The Morgan fingerprint density at radius 3 is 2.82 bits per heavy atom. The molecule has 3 rings (SSSR count). The van der Waals surface area contributed by atoms with Gasteiger partial charge in [-0.2, -0.15) is 0 Å². The van der Waals surface area contributed by atoms with Gasteiger partial charge in [-0.15, -0.1) is 0 Å². The average Bonchev–Trinajstić information content (AvgIpc) is 3.12. The van der Waals surface area contributed by atoms with Gasteiger partial charge in [-0.25, -0.2) is 0 Å². The Balaban J connectivity index is 1.42. The van der Waals surface area contributed by atoms with E-state index < -0.39 is 0 Å². The van der Waals surface area contributed by atoms with Crippen molar-refractivity contribution in [1.29, 1.82) is 0 Å². The van der Waals surface area contributed by atoms with Crippen LogP contribution >= 0.6 is 0 Å². The van der Waals surface area contributed by atoms with Gasteiger partial charge in [0.2, 0.25) is 0 Å². The maximum absolute atomic E-state index is 3.82. The van der Waals surface area contributed by atoms with Crippen LogP contribution in [0.1, 0.15) is 45.4 Å². The van der Waals surface area contributed by atoms with Crippen molar-refractivity contribution in [2.24, 2.45) is 5.92 Å². The van der Waals surface area contributed by atoms with Gasteiger partial charge in [0, 0.05) is 24.7 Å². The van der Waals surface area contributed by atoms with Crippen molar-refractivity contribution < 1.29 is 0 Å². The van der Waals surface area contributed by atoms with E-state index in [4.69, 9.17) is 0 Å². The highest BCUT2D eigenvalue weighted by atomic mass is 15.3. The first-order valence-corrected chi connectivity index (χ1v) is 7.47. The lowest BCUT2D eigenvalue weighted by Gasteiger charge is -2.22. The highest BCUT2D eigenvalue weighted by Gasteiger charge is 2.38. The summed E-state index contributed by atoms with van der Waals surface area (Å²) in [6.07, 6.45) is 12.9. The summed E-state index contributed by atoms with van der Waals surface area (Å²) in [6.45, 7) is 4.94. The fourth-order valence-electron chi connectivity index (χ4n) is 3.49. The first-order valence-electron chi connectivity index (χ1n) is 7.47. The largest absolute Gasteiger partial charge is 0.312 e. The Hall–Kier alpha value is -0.340. The first-order chi connectivity index (χ1) is 8.33. The lowest BCUT2D eigenvalue weighted by Crippen LogP contribution is -2.36. The molecule has 3 aliphatic rings. The van der Waals surface area contributed by atoms with Crippen LogP contribution in [-0.2, 0) is 0 Å². The van der Waals surface area contributed by atoms with Crippen molar-refractivity contribution in [1.82, 2.24) is 10.2 Å². The molecule has 17 heavy (non-hydrogen) atoms. The highest BCUT2D eigenvalue weighted by Crippen LogP contribution is 2.33. The van der Waals surface area contributed by atoms with Gasteiger partial charge in [-0.1, -0.05) is 12.2 Å². The lowest BCUT2D eigenvalue weighted by atomic mass is 9.94. The van der Waals surface area contributed by atoms with Gasteiger partial charge in [0.25, 0.3) is 0 Å². The standard InChI is InChI=1S/C15H26N2/c1-12-9-14(11-17(12)15-7-8-15)16-10-13-5-3-2-4-6-13/h2-3,12-16H,4-11H2,1H3. The van der Waals surface area contributed by atoms with E-state index in [9.17, 15) is 0 Å². The molecule has 0 bridgehead atoms. The topological polar surface area (TPSA) is 15.3 Å². The third-order valence-corrected chi connectivity index (χ3v) is 4.71. The molecular formula is C15H26N2. The van der Waals surface area contributed by atoms with Crippen LogP contribution in [0.5, 0.6) is 0 Å². The van der Waals surface area contributed by atoms with E-state index in [-0.39, 0.29) is 0 Å². The van der Waals surface area contributed by atoms with E-state index in [1.165, 1.54) is 51.6 Å². The van der Waals surface area contributed by atoms with Crippen molar-refractivity contribution in [2.45, 2.75) is 63.6 Å². The summed E-state index contributed by atoms with van der Waals surface area (Å²) in [5.41, 5.74) is 0. The molecule has 2 aliphatic carbocycles. The minimum absolute atomic E-state index is 0.761. The Morgan fingerprint density at radius 2 is 2.12 bits per heavy atom. The van der Waals surface area contributed by atoms with Crippen LogP contribution < -0.4 is 5.32 Å². The summed E-state index contributed by atoms with van der Waals surface area (Å²) in [6, 6.07) is 2.51. The van der Waals surface area contributed by atoms with Gasteiger partial charge in [-0.05, 0) is 57.9 Å². The van der Waals surface area contributed by atoms with Crippen molar-refractivity contribution >= 4 is 0 Å². The van der Waals surface area contributed by atoms with E-state index in [2.05, 4.69) is 29.3 Å². The highest BCUT2D eigenvalue weighted by molar-refractivity contribution is 4.97. The molecule has 1 saturated carbocycles.